The van der Waals surface area contributed by atoms with Gasteiger partial charge in [0.25, 0.3) is 0 Å². The van der Waals surface area contributed by atoms with Crippen molar-refractivity contribution in [1.29, 1.82) is 0 Å². The van der Waals surface area contributed by atoms with Gasteiger partial charge < -0.3 is 0 Å². The molecule has 0 amide bonds. The number of hydrogen-bond acceptors (Lipinski definition) is 2. The predicted molar refractivity (Wildman–Crippen MR) is 37.3 cm³/mol. The number of nitrogens with zero attached hydrogens (tertiary/aromatic N) is 2. The highest BCUT2D eigenvalue weighted by atomic mass is 15.3. The van der Waals surface area contributed by atoms with E-state index in [1.54, 1.807) is 12.1 Å². The Morgan fingerprint density at radius 2 is 2.00 bits per heavy atom. The van der Waals surface area contributed by atoms with E-state index < -0.39 is 0 Å². The van der Waals surface area contributed by atoms with E-state index in [1.807, 2.05) is 6.07 Å². The molecular formula is C7H5N3. The Labute approximate surface area is 58.1 Å². The maximum atomic E-state index is 5.50. The fraction of sp³-hybridized carbons (Fsp3) is 0. The lowest BCUT2D eigenvalue weighted by Gasteiger charge is -1.86. The first-order valence-corrected chi connectivity index (χ1v) is 2.92. The van der Waals surface area contributed by atoms with Crippen molar-refractivity contribution in [3.05, 3.63) is 30.7 Å². The second-order valence-corrected chi connectivity index (χ2v) is 2.07. The van der Waals surface area contributed by atoms with Crippen LogP contribution in [0, 0.1) is 6.92 Å². The van der Waals surface area contributed by atoms with E-state index in [0.717, 1.165) is 11.0 Å². The maximum Gasteiger partial charge on any atom is 0.113 e. The third kappa shape index (κ3) is 0.673. The lowest BCUT2D eigenvalue weighted by atomic mass is 10.2. The standard InChI is InChI=1S/C7H5N3/c1-5-2-3-6-7(4-5)9-10-8-6/h1-4H,(H,8,9,10). The summed E-state index contributed by atoms with van der Waals surface area (Å²) in [5, 5.41) is 10.2. The molecule has 1 heterocycles. The summed E-state index contributed by atoms with van der Waals surface area (Å²) in [5.74, 6) is 0. The van der Waals surface area contributed by atoms with Crippen LogP contribution in [-0.2, 0) is 0 Å². The van der Waals surface area contributed by atoms with E-state index in [-0.39, 0.29) is 0 Å². The number of benzene rings is 1. The molecule has 1 aromatic carbocycles. The Bertz CT molecular complexity index is 350. The number of aromatic amines is 1. The van der Waals surface area contributed by atoms with Crippen molar-refractivity contribution in [3.8, 4) is 0 Å². The van der Waals surface area contributed by atoms with Crippen molar-refractivity contribution < 1.29 is 0 Å². The third-order valence-electron chi connectivity index (χ3n) is 1.34. The van der Waals surface area contributed by atoms with Crippen LogP contribution in [0.2, 0.25) is 0 Å². The highest BCUT2D eigenvalue weighted by Gasteiger charge is 1.94. The van der Waals surface area contributed by atoms with Gasteiger partial charge in [-0.15, -0.1) is 0 Å². The largest absolute Gasteiger partial charge is 0.197 e. The number of rotatable bonds is 0. The van der Waals surface area contributed by atoms with Crippen LogP contribution in [-0.4, -0.2) is 15.4 Å². The highest BCUT2D eigenvalue weighted by molar-refractivity contribution is 5.74. The van der Waals surface area contributed by atoms with Gasteiger partial charge in [-0.05, 0) is 24.6 Å². The van der Waals surface area contributed by atoms with Crippen molar-refractivity contribution in [1.82, 2.24) is 15.4 Å². The molecule has 48 valence electrons. The molecule has 0 unspecified atom stereocenters. The maximum absolute atomic E-state index is 5.50. The van der Waals surface area contributed by atoms with Crippen LogP contribution in [0.1, 0.15) is 5.56 Å². The Morgan fingerprint density at radius 3 is 2.90 bits per heavy atom. The molecule has 2 radical (unpaired) electrons. The van der Waals surface area contributed by atoms with E-state index in [0.29, 0.717) is 5.56 Å². The van der Waals surface area contributed by atoms with Gasteiger partial charge in [-0.1, -0.05) is 6.07 Å². The molecule has 1 aromatic heterocycles. The van der Waals surface area contributed by atoms with E-state index in [2.05, 4.69) is 15.4 Å². The predicted octanol–water partition coefficient (Wildman–Crippen LogP) is 1.02. The third-order valence-corrected chi connectivity index (χ3v) is 1.34. The minimum atomic E-state index is 0.710. The molecule has 3 nitrogen and oxygen atoms in total. The van der Waals surface area contributed by atoms with Crippen molar-refractivity contribution in [2.24, 2.45) is 0 Å². The molecule has 1 N–H and O–H groups in total. The summed E-state index contributed by atoms with van der Waals surface area (Å²) in [6.07, 6.45) is 0. The van der Waals surface area contributed by atoms with Crippen LogP contribution in [0.25, 0.3) is 11.0 Å². The molecule has 0 aliphatic carbocycles. The monoisotopic (exact) mass is 131 g/mol. The minimum Gasteiger partial charge on any atom is -0.197 e. The molecule has 0 fully saturated rings. The first-order chi connectivity index (χ1) is 4.86. The SMILES string of the molecule is [CH]c1ccc2n[nH]nc2c1. The van der Waals surface area contributed by atoms with Gasteiger partial charge in [-0.3, -0.25) is 0 Å². The number of aromatic nitrogens is 3. The van der Waals surface area contributed by atoms with Crippen molar-refractivity contribution in [2.75, 3.05) is 0 Å². The van der Waals surface area contributed by atoms with E-state index >= 15 is 0 Å². The second-order valence-electron chi connectivity index (χ2n) is 2.07. The topological polar surface area (TPSA) is 41.6 Å². The summed E-state index contributed by atoms with van der Waals surface area (Å²) >= 11 is 0. The van der Waals surface area contributed by atoms with Gasteiger partial charge in [0.1, 0.15) is 11.0 Å². The second kappa shape index (κ2) is 1.80. The number of fused-ring (bicyclic) bond motifs is 1. The Morgan fingerprint density at radius 1 is 1.20 bits per heavy atom. The number of H-pyrrole nitrogens is 1. The lowest BCUT2D eigenvalue weighted by molar-refractivity contribution is 0.959. The van der Waals surface area contributed by atoms with Crippen LogP contribution >= 0.6 is 0 Å². The van der Waals surface area contributed by atoms with Gasteiger partial charge in [0, 0.05) is 0 Å². The van der Waals surface area contributed by atoms with Gasteiger partial charge >= 0.3 is 0 Å². The molecule has 0 aliphatic rings. The summed E-state index contributed by atoms with van der Waals surface area (Å²) in [7, 11) is 0. The summed E-state index contributed by atoms with van der Waals surface area (Å²) in [5.41, 5.74) is 2.36. The molecule has 0 saturated heterocycles. The molecule has 10 heavy (non-hydrogen) atoms. The smallest absolute Gasteiger partial charge is 0.113 e. The molecule has 0 aliphatic heterocycles. The first kappa shape index (κ1) is 5.41. The van der Waals surface area contributed by atoms with Crippen LogP contribution in [0.15, 0.2) is 18.2 Å². The Balaban J connectivity index is 2.86. The average Bonchev–Trinajstić information content (AvgIpc) is 2.33. The summed E-state index contributed by atoms with van der Waals surface area (Å²) in [6, 6.07) is 5.40. The Hall–Kier alpha value is -1.38. The van der Waals surface area contributed by atoms with E-state index in [9.17, 15) is 0 Å². The molecule has 2 aromatic rings. The summed E-state index contributed by atoms with van der Waals surface area (Å²) in [4.78, 5) is 0. The van der Waals surface area contributed by atoms with Crippen molar-refractivity contribution >= 4 is 11.0 Å². The number of hydrogen-bond donors (Lipinski definition) is 1. The van der Waals surface area contributed by atoms with Gasteiger partial charge in [0.2, 0.25) is 0 Å². The fourth-order valence-corrected chi connectivity index (χ4v) is 0.857. The van der Waals surface area contributed by atoms with Gasteiger partial charge in [0.05, 0.1) is 0 Å². The van der Waals surface area contributed by atoms with Crippen molar-refractivity contribution in [2.45, 2.75) is 0 Å². The molecule has 0 bridgehead atoms. The van der Waals surface area contributed by atoms with Crippen LogP contribution in [0.5, 0.6) is 0 Å². The summed E-state index contributed by atoms with van der Waals surface area (Å²) in [6.45, 7) is 5.50. The summed E-state index contributed by atoms with van der Waals surface area (Å²) < 4.78 is 0. The fourth-order valence-electron chi connectivity index (χ4n) is 0.857. The van der Waals surface area contributed by atoms with Crippen molar-refractivity contribution in [3.63, 3.8) is 0 Å². The average molecular weight is 131 g/mol. The quantitative estimate of drug-likeness (QED) is 0.579. The van der Waals surface area contributed by atoms with E-state index in [4.69, 9.17) is 6.92 Å². The molecule has 2 rings (SSSR count). The zero-order valence-electron chi connectivity index (χ0n) is 5.20. The number of nitrogens with one attached hydrogen (secondary N) is 1. The van der Waals surface area contributed by atoms with Crippen LogP contribution in [0.4, 0.5) is 0 Å². The van der Waals surface area contributed by atoms with E-state index in [1.165, 1.54) is 0 Å². The van der Waals surface area contributed by atoms with Crippen LogP contribution in [0.3, 0.4) is 0 Å². The molecular weight excluding hydrogens is 126 g/mol. The van der Waals surface area contributed by atoms with Crippen LogP contribution < -0.4 is 0 Å². The minimum absolute atomic E-state index is 0.710. The van der Waals surface area contributed by atoms with Gasteiger partial charge in [-0.2, -0.15) is 15.4 Å². The normalized spacial score (nSPS) is 10.5. The Kier molecular flexibility index (Phi) is 0.974. The molecule has 3 heteroatoms. The first-order valence-electron chi connectivity index (χ1n) is 2.92. The highest BCUT2D eigenvalue weighted by Crippen LogP contribution is 2.08. The molecule has 0 spiro atoms. The van der Waals surface area contributed by atoms with Gasteiger partial charge in [-0.25, -0.2) is 0 Å². The zero-order chi connectivity index (χ0) is 6.97. The lowest BCUT2D eigenvalue weighted by Crippen LogP contribution is -1.71. The van der Waals surface area contributed by atoms with Gasteiger partial charge in [0.15, 0.2) is 0 Å². The molecule has 0 atom stereocenters. The molecule has 0 saturated carbocycles. The zero-order valence-corrected chi connectivity index (χ0v) is 5.20.